The number of pyridine rings is 2. The van der Waals surface area contributed by atoms with E-state index in [0.29, 0.717) is 0 Å². The minimum absolute atomic E-state index is 1.02. The van der Waals surface area contributed by atoms with Crippen LogP contribution in [0, 0.1) is 0 Å². The van der Waals surface area contributed by atoms with Gasteiger partial charge in [-0.3, -0.25) is 9.97 Å². The van der Waals surface area contributed by atoms with Gasteiger partial charge in [-0.15, -0.1) is 0 Å². The first-order chi connectivity index (χ1) is 10.3. The van der Waals surface area contributed by atoms with Crippen molar-refractivity contribution in [3.8, 4) is 0 Å². The van der Waals surface area contributed by atoms with Crippen LogP contribution >= 0.6 is 0 Å². The van der Waals surface area contributed by atoms with Gasteiger partial charge in [-0.2, -0.15) is 0 Å². The SMILES string of the molecule is CN(C)CCCN1c2ccncc2CCc2cnccc21. The van der Waals surface area contributed by atoms with Gasteiger partial charge in [0.1, 0.15) is 0 Å². The lowest BCUT2D eigenvalue weighted by molar-refractivity contribution is 0.402. The van der Waals surface area contributed by atoms with E-state index in [4.69, 9.17) is 0 Å². The third kappa shape index (κ3) is 3.05. The van der Waals surface area contributed by atoms with Crippen LogP contribution in [0.2, 0.25) is 0 Å². The van der Waals surface area contributed by atoms with E-state index in [-0.39, 0.29) is 0 Å². The number of aryl methyl sites for hydroxylation is 2. The summed E-state index contributed by atoms with van der Waals surface area (Å²) >= 11 is 0. The van der Waals surface area contributed by atoms with E-state index >= 15 is 0 Å². The highest BCUT2D eigenvalue weighted by Crippen LogP contribution is 2.34. The number of rotatable bonds is 4. The molecule has 0 N–H and O–H groups in total. The maximum Gasteiger partial charge on any atom is 0.0474 e. The van der Waals surface area contributed by atoms with Crippen LogP contribution in [-0.2, 0) is 12.8 Å². The van der Waals surface area contributed by atoms with Crippen molar-refractivity contribution in [3.05, 3.63) is 48.0 Å². The van der Waals surface area contributed by atoms with Crippen molar-refractivity contribution >= 4 is 11.4 Å². The van der Waals surface area contributed by atoms with E-state index in [2.05, 4.69) is 46.0 Å². The molecule has 2 aromatic heterocycles. The lowest BCUT2D eigenvalue weighted by Gasteiger charge is -2.27. The molecular weight excluding hydrogens is 260 g/mol. The number of nitrogens with zero attached hydrogens (tertiary/aromatic N) is 4. The Bertz CT molecular complexity index is 562. The van der Waals surface area contributed by atoms with Crippen LogP contribution < -0.4 is 4.90 Å². The molecule has 3 heterocycles. The molecule has 3 rings (SSSR count). The Labute approximate surface area is 126 Å². The van der Waals surface area contributed by atoms with Gasteiger partial charge in [-0.1, -0.05) is 0 Å². The molecule has 0 saturated heterocycles. The zero-order valence-corrected chi connectivity index (χ0v) is 12.8. The van der Waals surface area contributed by atoms with Gasteiger partial charge in [0.05, 0.1) is 0 Å². The Morgan fingerprint density at radius 2 is 1.57 bits per heavy atom. The van der Waals surface area contributed by atoms with E-state index in [9.17, 15) is 0 Å². The van der Waals surface area contributed by atoms with Gasteiger partial charge in [0.25, 0.3) is 0 Å². The van der Waals surface area contributed by atoms with Gasteiger partial charge >= 0.3 is 0 Å². The molecule has 0 spiro atoms. The molecule has 110 valence electrons. The largest absolute Gasteiger partial charge is 0.341 e. The van der Waals surface area contributed by atoms with Crippen molar-refractivity contribution in [2.24, 2.45) is 0 Å². The fourth-order valence-electron chi connectivity index (χ4n) is 2.94. The Morgan fingerprint density at radius 1 is 1.00 bits per heavy atom. The lowest BCUT2D eigenvalue weighted by Crippen LogP contribution is -2.24. The quantitative estimate of drug-likeness (QED) is 0.863. The van der Waals surface area contributed by atoms with Crippen LogP contribution in [0.25, 0.3) is 0 Å². The van der Waals surface area contributed by atoms with Gasteiger partial charge < -0.3 is 9.80 Å². The van der Waals surface area contributed by atoms with Crippen molar-refractivity contribution < 1.29 is 0 Å². The van der Waals surface area contributed by atoms with Crippen LogP contribution in [0.15, 0.2) is 36.9 Å². The molecule has 1 aliphatic rings. The lowest BCUT2D eigenvalue weighted by atomic mass is 10.1. The number of aromatic nitrogens is 2. The molecule has 4 heteroatoms. The van der Waals surface area contributed by atoms with Crippen molar-refractivity contribution in [3.63, 3.8) is 0 Å². The predicted octanol–water partition coefficient (Wildman–Crippen LogP) is 2.67. The molecule has 0 fully saturated rings. The van der Waals surface area contributed by atoms with Crippen molar-refractivity contribution in [1.29, 1.82) is 0 Å². The van der Waals surface area contributed by atoms with Crippen LogP contribution in [0.4, 0.5) is 11.4 Å². The van der Waals surface area contributed by atoms with Crippen LogP contribution in [0.3, 0.4) is 0 Å². The second-order valence-corrected chi connectivity index (χ2v) is 5.82. The molecule has 1 aliphatic heterocycles. The first-order valence-corrected chi connectivity index (χ1v) is 7.54. The maximum atomic E-state index is 4.29. The third-order valence-corrected chi connectivity index (χ3v) is 3.99. The summed E-state index contributed by atoms with van der Waals surface area (Å²) in [6.45, 7) is 2.11. The first-order valence-electron chi connectivity index (χ1n) is 7.54. The summed E-state index contributed by atoms with van der Waals surface area (Å²) < 4.78 is 0. The maximum absolute atomic E-state index is 4.29. The molecular formula is C17H22N4. The monoisotopic (exact) mass is 282 g/mol. The molecule has 0 aromatic carbocycles. The van der Waals surface area contributed by atoms with E-state index < -0.39 is 0 Å². The Morgan fingerprint density at radius 3 is 2.10 bits per heavy atom. The summed E-state index contributed by atoms with van der Waals surface area (Å²) in [6, 6.07) is 4.28. The van der Waals surface area contributed by atoms with Crippen LogP contribution in [0.5, 0.6) is 0 Å². The van der Waals surface area contributed by atoms with Crippen LogP contribution in [0.1, 0.15) is 17.5 Å². The standard InChI is InChI=1S/C17H22N4/c1-20(2)10-3-11-21-16-6-8-18-12-14(16)4-5-15-13-19-9-7-17(15)21/h6-9,12-13H,3-5,10-11H2,1-2H3. The molecule has 21 heavy (non-hydrogen) atoms. The highest BCUT2D eigenvalue weighted by atomic mass is 15.2. The summed E-state index contributed by atoms with van der Waals surface area (Å²) in [7, 11) is 4.25. The zero-order valence-electron chi connectivity index (χ0n) is 12.8. The van der Waals surface area contributed by atoms with Gasteiger partial charge in [0, 0.05) is 42.7 Å². The summed E-state index contributed by atoms with van der Waals surface area (Å²) in [6.07, 6.45) is 11.0. The number of fused-ring (bicyclic) bond motifs is 2. The van der Waals surface area contributed by atoms with Gasteiger partial charge in [-0.25, -0.2) is 0 Å². The minimum atomic E-state index is 1.02. The van der Waals surface area contributed by atoms with Crippen molar-refractivity contribution in [1.82, 2.24) is 14.9 Å². The average molecular weight is 282 g/mol. The summed E-state index contributed by atoms with van der Waals surface area (Å²) in [5.41, 5.74) is 5.26. The van der Waals surface area contributed by atoms with E-state index in [1.807, 2.05) is 24.8 Å². The second kappa shape index (κ2) is 6.22. The summed E-state index contributed by atoms with van der Waals surface area (Å²) in [5.74, 6) is 0. The van der Waals surface area contributed by atoms with Gasteiger partial charge in [0.2, 0.25) is 0 Å². The smallest absolute Gasteiger partial charge is 0.0474 e. The second-order valence-electron chi connectivity index (χ2n) is 5.82. The van der Waals surface area contributed by atoms with Crippen molar-refractivity contribution in [2.45, 2.75) is 19.3 Å². The fraction of sp³-hybridized carbons (Fsp3) is 0.412. The van der Waals surface area contributed by atoms with Crippen LogP contribution in [-0.4, -0.2) is 42.1 Å². The Kier molecular flexibility index (Phi) is 4.15. The summed E-state index contributed by atoms with van der Waals surface area (Å²) in [4.78, 5) is 13.3. The third-order valence-electron chi connectivity index (χ3n) is 3.99. The van der Waals surface area contributed by atoms with Gasteiger partial charge in [-0.05, 0) is 63.2 Å². The number of hydrogen-bond donors (Lipinski definition) is 0. The minimum Gasteiger partial charge on any atom is -0.341 e. The topological polar surface area (TPSA) is 32.3 Å². The van der Waals surface area contributed by atoms with E-state index in [0.717, 1.165) is 32.4 Å². The number of hydrogen-bond acceptors (Lipinski definition) is 4. The average Bonchev–Trinajstić information content (AvgIpc) is 2.65. The van der Waals surface area contributed by atoms with Crippen molar-refractivity contribution in [2.75, 3.05) is 32.1 Å². The van der Waals surface area contributed by atoms with Gasteiger partial charge in [0.15, 0.2) is 0 Å². The first kappa shape index (κ1) is 14.0. The Hall–Kier alpha value is -1.94. The highest BCUT2D eigenvalue weighted by molar-refractivity contribution is 5.70. The number of anilines is 2. The molecule has 0 unspecified atom stereocenters. The molecule has 2 aromatic rings. The zero-order chi connectivity index (χ0) is 14.7. The highest BCUT2D eigenvalue weighted by Gasteiger charge is 2.20. The Balaban J connectivity index is 1.95. The summed E-state index contributed by atoms with van der Waals surface area (Å²) in [5, 5.41) is 0. The predicted molar refractivity (Wildman–Crippen MR) is 86.1 cm³/mol. The normalized spacial score (nSPS) is 13.8. The molecule has 0 bridgehead atoms. The molecule has 0 amide bonds. The molecule has 0 atom stereocenters. The molecule has 0 saturated carbocycles. The van der Waals surface area contributed by atoms with E-state index in [1.54, 1.807) is 0 Å². The molecule has 0 aliphatic carbocycles. The fourth-order valence-corrected chi connectivity index (χ4v) is 2.94. The van der Waals surface area contributed by atoms with E-state index in [1.165, 1.54) is 22.5 Å². The molecule has 0 radical (unpaired) electrons. The molecule has 4 nitrogen and oxygen atoms in total.